The summed E-state index contributed by atoms with van der Waals surface area (Å²) in [6.45, 7) is 0.0528. The van der Waals surface area contributed by atoms with Crippen molar-refractivity contribution >= 4 is 11.6 Å². The van der Waals surface area contributed by atoms with Crippen molar-refractivity contribution in [2.24, 2.45) is 0 Å². The molecule has 0 aromatic heterocycles. The van der Waals surface area contributed by atoms with Crippen LogP contribution in [0.15, 0.2) is 24.3 Å². The van der Waals surface area contributed by atoms with Crippen molar-refractivity contribution in [1.82, 2.24) is 0 Å². The standard InChI is InChI=1S/C10H13NO3/c1-13-7-10(12)11-8-4-3-5-9(6-8)14-2/h3-6H,7H2,1-2H3,(H,11,12). The molecule has 0 fully saturated rings. The highest BCUT2D eigenvalue weighted by molar-refractivity contribution is 5.91. The maximum absolute atomic E-state index is 11.1. The van der Waals surface area contributed by atoms with E-state index in [-0.39, 0.29) is 12.5 Å². The minimum Gasteiger partial charge on any atom is -0.497 e. The van der Waals surface area contributed by atoms with E-state index < -0.39 is 0 Å². The van der Waals surface area contributed by atoms with Crippen LogP contribution in [0.5, 0.6) is 5.75 Å². The fourth-order valence-electron chi connectivity index (χ4n) is 1.03. The number of rotatable bonds is 4. The van der Waals surface area contributed by atoms with E-state index in [1.807, 2.05) is 6.07 Å². The molecular formula is C10H13NO3. The van der Waals surface area contributed by atoms with Crippen molar-refractivity contribution in [3.8, 4) is 5.75 Å². The van der Waals surface area contributed by atoms with Gasteiger partial charge in [-0.2, -0.15) is 0 Å². The van der Waals surface area contributed by atoms with Gasteiger partial charge in [-0.05, 0) is 12.1 Å². The first kappa shape index (κ1) is 10.5. The van der Waals surface area contributed by atoms with Gasteiger partial charge in [-0.1, -0.05) is 6.07 Å². The Balaban J connectivity index is 2.62. The Morgan fingerprint density at radius 3 is 2.86 bits per heavy atom. The van der Waals surface area contributed by atoms with Crippen LogP contribution in [0.3, 0.4) is 0 Å². The highest BCUT2D eigenvalue weighted by atomic mass is 16.5. The molecule has 1 N–H and O–H groups in total. The number of hydrogen-bond acceptors (Lipinski definition) is 3. The van der Waals surface area contributed by atoms with Crippen molar-refractivity contribution in [3.05, 3.63) is 24.3 Å². The van der Waals surface area contributed by atoms with E-state index in [0.717, 1.165) is 0 Å². The fraction of sp³-hybridized carbons (Fsp3) is 0.300. The molecule has 1 aromatic carbocycles. The molecule has 0 unspecified atom stereocenters. The van der Waals surface area contributed by atoms with E-state index >= 15 is 0 Å². The third kappa shape index (κ3) is 3.06. The van der Waals surface area contributed by atoms with Crippen LogP contribution < -0.4 is 10.1 Å². The average Bonchev–Trinajstić information content (AvgIpc) is 2.18. The summed E-state index contributed by atoms with van der Waals surface area (Å²) in [5, 5.41) is 2.67. The molecule has 0 aliphatic heterocycles. The number of amides is 1. The molecule has 14 heavy (non-hydrogen) atoms. The van der Waals surface area contributed by atoms with Gasteiger partial charge in [-0.3, -0.25) is 4.79 Å². The van der Waals surface area contributed by atoms with Gasteiger partial charge in [0.15, 0.2) is 0 Å². The topological polar surface area (TPSA) is 47.6 Å². The zero-order valence-electron chi connectivity index (χ0n) is 8.24. The Morgan fingerprint density at radius 1 is 1.43 bits per heavy atom. The lowest BCUT2D eigenvalue weighted by atomic mass is 10.3. The van der Waals surface area contributed by atoms with Gasteiger partial charge in [0, 0.05) is 18.9 Å². The number of methoxy groups -OCH3 is 2. The van der Waals surface area contributed by atoms with Gasteiger partial charge in [-0.25, -0.2) is 0 Å². The van der Waals surface area contributed by atoms with Crippen molar-refractivity contribution in [2.45, 2.75) is 0 Å². The lowest BCUT2D eigenvalue weighted by molar-refractivity contribution is -0.119. The van der Waals surface area contributed by atoms with Gasteiger partial charge in [0.2, 0.25) is 5.91 Å². The number of carbonyl (C=O) groups is 1. The smallest absolute Gasteiger partial charge is 0.250 e. The van der Waals surface area contributed by atoms with Crippen molar-refractivity contribution < 1.29 is 14.3 Å². The molecule has 0 aliphatic carbocycles. The maximum atomic E-state index is 11.1. The molecule has 0 spiro atoms. The lowest BCUT2D eigenvalue weighted by Crippen LogP contribution is -2.16. The first-order chi connectivity index (χ1) is 6.76. The van der Waals surface area contributed by atoms with E-state index in [4.69, 9.17) is 4.74 Å². The Kier molecular flexibility index (Phi) is 3.94. The van der Waals surface area contributed by atoms with Gasteiger partial charge < -0.3 is 14.8 Å². The van der Waals surface area contributed by atoms with Crippen LogP contribution in [0.25, 0.3) is 0 Å². The molecule has 0 saturated heterocycles. The van der Waals surface area contributed by atoms with E-state index in [9.17, 15) is 4.79 Å². The summed E-state index contributed by atoms with van der Waals surface area (Å²) in [4.78, 5) is 11.1. The summed E-state index contributed by atoms with van der Waals surface area (Å²) < 4.78 is 9.70. The Hall–Kier alpha value is -1.55. The summed E-state index contributed by atoms with van der Waals surface area (Å²) in [5.41, 5.74) is 0.700. The van der Waals surface area contributed by atoms with E-state index in [1.165, 1.54) is 7.11 Å². The van der Waals surface area contributed by atoms with Gasteiger partial charge in [0.1, 0.15) is 12.4 Å². The molecule has 1 rings (SSSR count). The molecule has 0 atom stereocenters. The third-order valence-corrected chi connectivity index (χ3v) is 1.63. The van der Waals surface area contributed by atoms with E-state index in [1.54, 1.807) is 25.3 Å². The molecule has 4 heteroatoms. The normalized spacial score (nSPS) is 9.57. The molecule has 0 bridgehead atoms. The molecule has 76 valence electrons. The number of ether oxygens (including phenoxy) is 2. The lowest BCUT2D eigenvalue weighted by Gasteiger charge is -2.05. The van der Waals surface area contributed by atoms with E-state index in [0.29, 0.717) is 11.4 Å². The predicted octanol–water partition coefficient (Wildman–Crippen LogP) is 1.28. The molecule has 1 aromatic rings. The quantitative estimate of drug-likeness (QED) is 0.787. The summed E-state index contributed by atoms with van der Waals surface area (Å²) in [7, 11) is 3.06. The summed E-state index contributed by atoms with van der Waals surface area (Å²) >= 11 is 0. The highest BCUT2D eigenvalue weighted by Crippen LogP contribution is 2.16. The van der Waals surface area contributed by atoms with Crippen LogP contribution in [0, 0.1) is 0 Å². The maximum Gasteiger partial charge on any atom is 0.250 e. The van der Waals surface area contributed by atoms with Crippen molar-refractivity contribution in [3.63, 3.8) is 0 Å². The zero-order valence-corrected chi connectivity index (χ0v) is 8.24. The molecule has 1 amide bonds. The van der Waals surface area contributed by atoms with Gasteiger partial charge in [-0.15, -0.1) is 0 Å². The van der Waals surface area contributed by atoms with Crippen LogP contribution in [0.4, 0.5) is 5.69 Å². The fourth-order valence-corrected chi connectivity index (χ4v) is 1.03. The van der Waals surface area contributed by atoms with Gasteiger partial charge in [0.25, 0.3) is 0 Å². The SMILES string of the molecule is COCC(=O)Nc1cccc(OC)c1. The van der Waals surface area contributed by atoms with Gasteiger partial charge >= 0.3 is 0 Å². The average molecular weight is 195 g/mol. The molecular weight excluding hydrogens is 182 g/mol. The number of hydrogen-bond donors (Lipinski definition) is 1. The van der Waals surface area contributed by atoms with Crippen LogP contribution in [0.1, 0.15) is 0 Å². The summed E-state index contributed by atoms with van der Waals surface area (Å²) in [5.74, 6) is 0.529. The molecule has 0 radical (unpaired) electrons. The largest absolute Gasteiger partial charge is 0.497 e. The van der Waals surface area contributed by atoms with Crippen LogP contribution in [-0.4, -0.2) is 26.7 Å². The molecule has 4 nitrogen and oxygen atoms in total. The zero-order chi connectivity index (χ0) is 10.4. The second-order valence-corrected chi connectivity index (χ2v) is 2.71. The van der Waals surface area contributed by atoms with Gasteiger partial charge in [0.05, 0.1) is 7.11 Å². The second kappa shape index (κ2) is 5.24. The number of carbonyl (C=O) groups excluding carboxylic acids is 1. The first-order valence-corrected chi connectivity index (χ1v) is 4.19. The number of anilines is 1. The Bertz CT molecular complexity index is 312. The minimum atomic E-state index is -0.180. The van der Waals surface area contributed by atoms with Crippen molar-refractivity contribution in [1.29, 1.82) is 0 Å². The second-order valence-electron chi connectivity index (χ2n) is 2.71. The van der Waals surface area contributed by atoms with Crippen molar-refractivity contribution in [2.75, 3.05) is 26.1 Å². The Morgan fingerprint density at radius 2 is 2.21 bits per heavy atom. The minimum absolute atomic E-state index is 0.0528. The van der Waals surface area contributed by atoms with Crippen LogP contribution >= 0.6 is 0 Å². The predicted molar refractivity (Wildman–Crippen MR) is 53.5 cm³/mol. The number of nitrogens with one attached hydrogen (secondary N) is 1. The monoisotopic (exact) mass is 195 g/mol. The highest BCUT2D eigenvalue weighted by Gasteiger charge is 2.01. The molecule has 0 aliphatic rings. The molecule has 0 saturated carbocycles. The summed E-state index contributed by atoms with van der Waals surface area (Å²) in [6, 6.07) is 7.15. The third-order valence-electron chi connectivity index (χ3n) is 1.63. The van der Waals surface area contributed by atoms with E-state index in [2.05, 4.69) is 10.1 Å². The first-order valence-electron chi connectivity index (χ1n) is 4.19. The number of benzene rings is 1. The Labute approximate surface area is 82.8 Å². The molecule has 0 heterocycles. The van der Waals surface area contributed by atoms with Crippen LogP contribution in [0.2, 0.25) is 0 Å². The van der Waals surface area contributed by atoms with Crippen LogP contribution in [-0.2, 0) is 9.53 Å². The summed E-state index contributed by atoms with van der Waals surface area (Å²) in [6.07, 6.45) is 0.